The van der Waals surface area contributed by atoms with Gasteiger partial charge in [-0.1, -0.05) is 13.0 Å². The number of hydrogen-bond donors (Lipinski definition) is 1. The molecule has 0 aliphatic rings. The molecule has 0 aliphatic heterocycles. The summed E-state index contributed by atoms with van der Waals surface area (Å²) in [5.74, 6) is -0.219. The summed E-state index contributed by atoms with van der Waals surface area (Å²) in [7, 11) is 1.63. The van der Waals surface area contributed by atoms with Crippen molar-refractivity contribution in [1.82, 2.24) is 5.32 Å². The molecule has 0 spiro atoms. The van der Waals surface area contributed by atoms with E-state index in [0.29, 0.717) is 12.2 Å². The molecule has 108 valence electrons. The third-order valence-electron chi connectivity index (χ3n) is 2.79. The summed E-state index contributed by atoms with van der Waals surface area (Å²) in [6, 6.07) is 5.17. The van der Waals surface area contributed by atoms with Gasteiger partial charge in [0.25, 0.3) is 0 Å². The van der Waals surface area contributed by atoms with Crippen molar-refractivity contribution >= 4 is 0 Å². The average Bonchev–Trinajstić information content (AvgIpc) is 2.40. The Morgan fingerprint density at radius 3 is 2.84 bits per heavy atom. The molecule has 0 fully saturated rings. The monoisotopic (exact) mass is 269 g/mol. The average molecular weight is 269 g/mol. The fraction of sp³-hybridized carbons (Fsp3) is 0.600. The lowest BCUT2D eigenvalue weighted by atomic mass is 10.1. The predicted molar refractivity (Wildman–Crippen MR) is 74.5 cm³/mol. The van der Waals surface area contributed by atoms with E-state index in [9.17, 15) is 4.39 Å². The highest BCUT2D eigenvalue weighted by Gasteiger charge is 2.07. The van der Waals surface area contributed by atoms with Gasteiger partial charge >= 0.3 is 0 Å². The fourth-order valence-corrected chi connectivity index (χ4v) is 1.77. The molecule has 1 atom stereocenters. The van der Waals surface area contributed by atoms with Crippen LogP contribution in [0.25, 0.3) is 0 Å². The molecule has 0 saturated heterocycles. The molecule has 4 heteroatoms. The third kappa shape index (κ3) is 6.14. The first-order chi connectivity index (χ1) is 9.17. The maximum Gasteiger partial charge on any atom is 0.128 e. The minimum absolute atomic E-state index is 0.0359. The zero-order valence-electron chi connectivity index (χ0n) is 12.0. The van der Waals surface area contributed by atoms with Crippen LogP contribution in [0.3, 0.4) is 0 Å². The molecule has 1 aromatic carbocycles. The summed E-state index contributed by atoms with van der Waals surface area (Å²) in [6.45, 7) is 6.54. The van der Waals surface area contributed by atoms with Gasteiger partial charge in [0.15, 0.2) is 0 Å². The van der Waals surface area contributed by atoms with Crippen molar-refractivity contribution in [2.45, 2.75) is 39.5 Å². The van der Waals surface area contributed by atoms with Gasteiger partial charge in [0.2, 0.25) is 0 Å². The zero-order valence-corrected chi connectivity index (χ0v) is 12.0. The summed E-state index contributed by atoms with van der Waals surface area (Å²) in [5, 5.41) is 3.30. The van der Waals surface area contributed by atoms with Crippen LogP contribution in [0.2, 0.25) is 0 Å². The molecule has 1 aromatic rings. The smallest absolute Gasteiger partial charge is 0.128 e. The van der Waals surface area contributed by atoms with Crippen LogP contribution >= 0.6 is 0 Å². The molecule has 1 rings (SSSR count). The van der Waals surface area contributed by atoms with Gasteiger partial charge in [0, 0.05) is 19.2 Å². The number of methoxy groups -OCH3 is 1. The van der Waals surface area contributed by atoms with Crippen LogP contribution < -0.4 is 5.32 Å². The lowest BCUT2D eigenvalue weighted by Gasteiger charge is -2.13. The normalized spacial score (nSPS) is 12.6. The molecule has 0 aliphatic carbocycles. The van der Waals surface area contributed by atoms with Gasteiger partial charge in [0.1, 0.15) is 5.82 Å². The quantitative estimate of drug-likeness (QED) is 0.699. The van der Waals surface area contributed by atoms with Crippen LogP contribution in [0.1, 0.15) is 31.4 Å². The Kier molecular flexibility index (Phi) is 7.63. The highest BCUT2D eigenvalue weighted by molar-refractivity contribution is 5.24. The topological polar surface area (TPSA) is 30.5 Å². The number of ether oxygens (including phenoxy) is 2. The molecule has 0 heterocycles. The Bertz CT molecular complexity index is 371. The standard InChI is InChI=1S/C15H24FNO2/c1-4-7-17-9-13-5-6-15(16)14(8-13)11-19-12(2)10-18-3/h5-6,8,12,17H,4,7,9-11H2,1-3H3. The van der Waals surface area contributed by atoms with E-state index in [-0.39, 0.29) is 18.5 Å². The number of halogens is 1. The molecule has 0 amide bonds. The van der Waals surface area contributed by atoms with Crippen LogP contribution in [-0.2, 0) is 22.6 Å². The van der Waals surface area contributed by atoms with E-state index in [1.165, 1.54) is 6.07 Å². The summed E-state index contributed by atoms with van der Waals surface area (Å²) in [6.07, 6.45) is 1.05. The summed E-state index contributed by atoms with van der Waals surface area (Å²) < 4.78 is 24.2. The molecule has 0 saturated carbocycles. The Morgan fingerprint density at radius 2 is 2.16 bits per heavy atom. The first-order valence-electron chi connectivity index (χ1n) is 6.76. The van der Waals surface area contributed by atoms with Gasteiger partial charge < -0.3 is 14.8 Å². The van der Waals surface area contributed by atoms with E-state index in [4.69, 9.17) is 9.47 Å². The van der Waals surface area contributed by atoms with Crippen LogP contribution in [-0.4, -0.2) is 26.4 Å². The Labute approximate surface area is 115 Å². The molecule has 0 aromatic heterocycles. The van der Waals surface area contributed by atoms with Crippen LogP contribution in [0, 0.1) is 5.82 Å². The van der Waals surface area contributed by atoms with E-state index in [2.05, 4.69) is 12.2 Å². The van der Waals surface area contributed by atoms with E-state index < -0.39 is 0 Å². The summed E-state index contributed by atoms with van der Waals surface area (Å²) in [5.41, 5.74) is 1.67. The molecular formula is C15H24FNO2. The largest absolute Gasteiger partial charge is 0.382 e. The lowest BCUT2D eigenvalue weighted by molar-refractivity contribution is -0.00112. The number of nitrogens with one attached hydrogen (secondary N) is 1. The Hall–Kier alpha value is -0.970. The van der Waals surface area contributed by atoms with E-state index in [1.54, 1.807) is 13.2 Å². The number of hydrogen-bond acceptors (Lipinski definition) is 3. The highest BCUT2D eigenvalue weighted by Crippen LogP contribution is 2.13. The first-order valence-corrected chi connectivity index (χ1v) is 6.76. The van der Waals surface area contributed by atoms with Crippen molar-refractivity contribution in [3.05, 3.63) is 35.1 Å². The zero-order chi connectivity index (χ0) is 14.1. The van der Waals surface area contributed by atoms with Gasteiger partial charge in [-0.05, 0) is 37.6 Å². The van der Waals surface area contributed by atoms with Crippen LogP contribution in [0.15, 0.2) is 18.2 Å². The SMILES string of the molecule is CCCNCc1ccc(F)c(COC(C)COC)c1. The Balaban J connectivity index is 2.53. The van der Waals surface area contributed by atoms with Crippen LogP contribution in [0.4, 0.5) is 4.39 Å². The molecule has 0 bridgehead atoms. The molecule has 19 heavy (non-hydrogen) atoms. The molecular weight excluding hydrogens is 245 g/mol. The second-order valence-electron chi connectivity index (χ2n) is 4.68. The van der Waals surface area contributed by atoms with Crippen molar-refractivity contribution in [3.63, 3.8) is 0 Å². The minimum atomic E-state index is -0.219. The van der Waals surface area contributed by atoms with Crippen molar-refractivity contribution in [2.24, 2.45) is 0 Å². The lowest BCUT2D eigenvalue weighted by Crippen LogP contribution is -2.16. The minimum Gasteiger partial charge on any atom is -0.382 e. The highest BCUT2D eigenvalue weighted by atomic mass is 19.1. The van der Waals surface area contributed by atoms with E-state index in [1.807, 2.05) is 13.0 Å². The molecule has 0 radical (unpaired) electrons. The Morgan fingerprint density at radius 1 is 1.37 bits per heavy atom. The van der Waals surface area contributed by atoms with Crippen molar-refractivity contribution in [2.75, 3.05) is 20.3 Å². The van der Waals surface area contributed by atoms with Gasteiger partial charge in [-0.15, -0.1) is 0 Å². The molecule has 3 nitrogen and oxygen atoms in total. The van der Waals surface area contributed by atoms with Gasteiger partial charge in [-0.25, -0.2) is 4.39 Å². The van der Waals surface area contributed by atoms with Gasteiger partial charge in [-0.2, -0.15) is 0 Å². The molecule has 1 N–H and O–H groups in total. The van der Waals surface area contributed by atoms with Crippen molar-refractivity contribution in [1.29, 1.82) is 0 Å². The number of rotatable bonds is 9. The van der Waals surface area contributed by atoms with Crippen molar-refractivity contribution in [3.8, 4) is 0 Å². The van der Waals surface area contributed by atoms with E-state index >= 15 is 0 Å². The summed E-state index contributed by atoms with van der Waals surface area (Å²) >= 11 is 0. The maximum absolute atomic E-state index is 13.7. The summed E-state index contributed by atoms with van der Waals surface area (Å²) in [4.78, 5) is 0. The van der Waals surface area contributed by atoms with Gasteiger partial charge in [-0.3, -0.25) is 0 Å². The predicted octanol–water partition coefficient (Wildman–Crippen LogP) is 2.88. The maximum atomic E-state index is 13.7. The van der Waals surface area contributed by atoms with E-state index in [0.717, 1.165) is 25.1 Å². The first kappa shape index (κ1) is 16.1. The fourth-order valence-electron chi connectivity index (χ4n) is 1.77. The second-order valence-corrected chi connectivity index (χ2v) is 4.68. The number of benzene rings is 1. The van der Waals surface area contributed by atoms with Gasteiger partial charge in [0.05, 0.1) is 19.3 Å². The second kappa shape index (κ2) is 9.02. The third-order valence-corrected chi connectivity index (χ3v) is 2.79. The molecule has 1 unspecified atom stereocenters. The van der Waals surface area contributed by atoms with Crippen LogP contribution in [0.5, 0.6) is 0 Å². The van der Waals surface area contributed by atoms with Crippen molar-refractivity contribution < 1.29 is 13.9 Å².